The normalized spacial score (nSPS) is 16.3. The first kappa shape index (κ1) is 15.3. The predicted molar refractivity (Wildman–Crippen MR) is 78.6 cm³/mol. The number of hydrogen-bond donors (Lipinski definition) is 1. The SMILES string of the molecule is COc1ccc(C(C)C)cc1[C@@H](N)CC1CC1.Cl. The molecule has 0 radical (unpaired) electrons. The van der Waals surface area contributed by atoms with Gasteiger partial charge in [0.1, 0.15) is 5.75 Å². The molecular weight excluding hydrogens is 246 g/mol. The highest BCUT2D eigenvalue weighted by Crippen LogP contribution is 2.39. The van der Waals surface area contributed by atoms with Crippen molar-refractivity contribution in [3.8, 4) is 5.75 Å². The smallest absolute Gasteiger partial charge is 0.123 e. The van der Waals surface area contributed by atoms with Gasteiger partial charge in [-0.1, -0.05) is 38.8 Å². The Bertz CT molecular complexity index is 388. The Kier molecular flexibility index (Phi) is 5.48. The van der Waals surface area contributed by atoms with Gasteiger partial charge >= 0.3 is 0 Å². The lowest BCUT2D eigenvalue weighted by atomic mass is 9.95. The molecule has 0 saturated heterocycles. The van der Waals surface area contributed by atoms with Gasteiger partial charge in [-0.25, -0.2) is 0 Å². The number of nitrogens with two attached hydrogens (primary N) is 1. The van der Waals surface area contributed by atoms with E-state index in [0.29, 0.717) is 5.92 Å². The van der Waals surface area contributed by atoms with Crippen LogP contribution in [0, 0.1) is 5.92 Å². The van der Waals surface area contributed by atoms with Crippen LogP contribution in [0.2, 0.25) is 0 Å². The second kappa shape index (κ2) is 6.44. The van der Waals surface area contributed by atoms with Gasteiger partial charge in [-0.3, -0.25) is 0 Å². The molecule has 0 heterocycles. The molecule has 0 unspecified atom stereocenters. The van der Waals surface area contributed by atoms with Crippen LogP contribution in [0.4, 0.5) is 0 Å². The molecular formula is C15H24ClNO. The van der Waals surface area contributed by atoms with Crippen molar-refractivity contribution in [1.29, 1.82) is 0 Å². The van der Waals surface area contributed by atoms with Crippen LogP contribution in [0.15, 0.2) is 18.2 Å². The minimum Gasteiger partial charge on any atom is -0.496 e. The lowest BCUT2D eigenvalue weighted by Gasteiger charge is -2.18. The first-order valence-corrected chi connectivity index (χ1v) is 6.55. The monoisotopic (exact) mass is 269 g/mol. The van der Waals surface area contributed by atoms with Crippen LogP contribution in [-0.4, -0.2) is 7.11 Å². The molecule has 0 amide bonds. The Hall–Kier alpha value is -0.730. The van der Waals surface area contributed by atoms with Gasteiger partial charge in [-0.2, -0.15) is 0 Å². The number of rotatable bonds is 5. The van der Waals surface area contributed by atoms with Gasteiger partial charge < -0.3 is 10.5 Å². The molecule has 0 bridgehead atoms. The van der Waals surface area contributed by atoms with E-state index in [9.17, 15) is 0 Å². The van der Waals surface area contributed by atoms with Crippen molar-refractivity contribution in [2.45, 2.75) is 45.1 Å². The van der Waals surface area contributed by atoms with Crippen molar-refractivity contribution >= 4 is 12.4 Å². The maximum Gasteiger partial charge on any atom is 0.123 e. The van der Waals surface area contributed by atoms with E-state index in [2.05, 4.69) is 32.0 Å². The summed E-state index contributed by atoms with van der Waals surface area (Å²) >= 11 is 0. The van der Waals surface area contributed by atoms with Crippen molar-refractivity contribution in [3.05, 3.63) is 29.3 Å². The molecule has 18 heavy (non-hydrogen) atoms. The molecule has 2 rings (SSSR count). The molecule has 1 saturated carbocycles. The number of ether oxygens (including phenoxy) is 1. The molecule has 1 fully saturated rings. The zero-order valence-corrected chi connectivity index (χ0v) is 12.3. The number of hydrogen-bond acceptors (Lipinski definition) is 2. The summed E-state index contributed by atoms with van der Waals surface area (Å²) in [5.41, 5.74) is 8.81. The number of methoxy groups -OCH3 is 1. The molecule has 2 N–H and O–H groups in total. The van der Waals surface area contributed by atoms with Crippen molar-refractivity contribution in [2.75, 3.05) is 7.11 Å². The molecule has 1 aliphatic rings. The Labute approximate surface area is 116 Å². The summed E-state index contributed by atoms with van der Waals surface area (Å²) in [6.07, 6.45) is 3.79. The van der Waals surface area contributed by atoms with Gasteiger partial charge in [0.15, 0.2) is 0 Å². The van der Waals surface area contributed by atoms with Gasteiger partial charge in [0, 0.05) is 11.6 Å². The molecule has 1 aliphatic carbocycles. The third-order valence-corrected chi connectivity index (χ3v) is 3.60. The van der Waals surface area contributed by atoms with Crippen molar-refractivity contribution < 1.29 is 4.74 Å². The lowest BCUT2D eigenvalue weighted by Crippen LogP contribution is -2.13. The molecule has 1 atom stereocenters. The molecule has 3 heteroatoms. The van der Waals surface area contributed by atoms with E-state index in [0.717, 1.165) is 18.1 Å². The fourth-order valence-corrected chi connectivity index (χ4v) is 2.24. The summed E-state index contributed by atoms with van der Waals surface area (Å²) in [7, 11) is 1.72. The molecule has 102 valence electrons. The molecule has 0 spiro atoms. The van der Waals surface area contributed by atoms with Crippen LogP contribution in [-0.2, 0) is 0 Å². The van der Waals surface area contributed by atoms with E-state index >= 15 is 0 Å². The minimum atomic E-state index is 0. The van der Waals surface area contributed by atoms with Crippen LogP contribution < -0.4 is 10.5 Å². The molecule has 0 aromatic heterocycles. The van der Waals surface area contributed by atoms with Crippen LogP contribution in [0.5, 0.6) is 5.75 Å². The molecule has 1 aromatic carbocycles. The van der Waals surface area contributed by atoms with Crippen LogP contribution in [0.1, 0.15) is 56.2 Å². The highest BCUT2D eigenvalue weighted by atomic mass is 35.5. The highest BCUT2D eigenvalue weighted by Gasteiger charge is 2.26. The summed E-state index contributed by atoms with van der Waals surface area (Å²) in [4.78, 5) is 0. The van der Waals surface area contributed by atoms with Crippen LogP contribution in [0.3, 0.4) is 0 Å². The molecule has 0 aliphatic heterocycles. The number of halogens is 1. The zero-order chi connectivity index (χ0) is 12.4. The van der Waals surface area contributed by atoms with Crippen molar-refractivity contribution in [1.82, 2.24) is 0 Å². The third kappa shape index (κ3) is 3.63. The van der Waals surface area contributed by atoms with E-state index in [4.69, 9.17) is 10.5 Å². The average molecular weight is 270 g/mol. The van der Waals surface area contributed by atoms with Gasteiger partial charge in [0.05, 0.1) is 7.11 Å². The van der Waals surface area contributed by atoms with E-state index < -0.39 is 0 Å². The van der Waals surface area contributed by atoms with Crippen molar-refractivity contribution in [2.24, 2.45) is 11.7 Å². The van der Waals surface area contributed by atoms with E-state index in [-0.39, 0.29) is 18.4 Å². The second-order valence-electron chi connectivity index (χ2n) is 5.44. The van der Waals surface area contributed by atoms with E-state index in [1.165, 1.54) is 24.0 Å². The summed E-state index contributed by atoms with van der Waals surface area (Å²) < 4.78 is 5.42. The van der Waals surface area contributed by atoms with Gasteiger partial charge in [0.2, 0.25) is 0 Å². The van der Waals surface area contributed by atoms with Crippen molar-refractivity contribution in [3.63, 3.8) is 0 Å². The highest BCUT2D eigenvalue weighted by molar-refractivity contribution is 5.85. The maximum absolute atomic E-state index is 6.30. The van der Waals surface area contributed by atoms with E-state index in [1.54, 1.807) is 7.11 Å². The fourth-order valence-electron chi connectivity index (χ4n) is 2.24. The van der Waals surface area contributed by atoms with Crippen LogP contribution in [0.25, 0.3) is 0 Å². The largest absolute Gasteiger partial charge is 0.496 e. The van der Waals surface area contributed by atoms with Gasteiger partial charge in [-0.15, -0.1) is 12.4 Å². The fraction of sp³-hybridized carbons (Fsp3) is 0.600. The minimum absolute atomic E-state index is 0. The topological polar surface area (TPSA) is 35.2 Å². The predicted octanol–water partition coefficient (Wildman–Crippen LogP) is 4.04. The molecule has 2 nitrogen and oxygen atoms in total. The first-order valence-electron chi connectivity index (χ1n) is 6.55. The Morgan fingerprint density at radius 3 is 2.50 bits per heavy atom. The maximum atomic E-state index is 6.30. The van der Waals surface area contributed by atoms with E-state index in [1.807, 2.05) is 0 Å². The summed E-state index contributed by atoms with van der Waals surface area (Å²) in [6, 6.07) is 6.53. The second-order valence-corrected chi connectivity index (χ2v) is 5.44. The number of benzene rings is 1. The van der Waals surface area contributed by atoms with Gasteiger partial charge in [0.25, 0.3) is 0 Å². The summed E-state index contributed by atoms with van der Waals surface area (Å²) in [5.74, 6) is 2.31. The zero-order valence-electron chi connectivity index (χ0n) is 11.5. The van der Waals surface area contributed by atoms with Crippen LogP contribution >= 0.6 is 12.4 Å². The molecule has 1 aromatic rings. The standard InChI is InChI=1S/C15H23NO.ClH/c1-10(2)12-6-7-15(17-3)13(9-12)14(16)8-11-4-5-11;/h6-7,9-11,14H,4-5,8,16H2,1-3H3;1H/t14-;/m0./s1. The quantitative estimate of drug-likeness (QED) is 0.876. The Morgan fingerprint density at radius 2 is 2.00 bits per heavy atom. The summed E-state index contributed by atoms with van der Waals surface area (Å²) in [5, 5.41) is 0. The Morgan fingerprint density at radius 1 is 1.33 bits per heavy atom. The van der Waals surface area contributed by atoms with Gasteiger partial charge in [-0.05, 0) is 29.9 Å². The third-order valence-electron chi connectivity index (χ3n) is 3.60. The first-order chi connectivity index (χ1) is 8.11. The lowest BCUT2D eigenvalue weighted by molar-refractivity contribution is 0.402. The average Bonchev–Trinajstić information content (AvgIpc) is 3.11. The summed E-state index contributed by atoms with van der Waals surface area (Å²) in [6.45, 7) is 4.41. The Balaban J connectivity index is 0.00000162.